The van der Waals surface area contributed by atoms with Crippen LogP contribution in [0, 0.1) is 23.7 Å². The quantitative estimate of drug-likeness (QED) is 0.230. The summed E-state index contributed by atoms with van der Waals surface area (Å²) >= 11 is 0. The Kier molecular flexibility index (Phi) is 5.28. The van der Waals surface area contributed by atoms with Gasteiger partial charge in [0.25, 0.3) is 0 Å². The third kappa shape index (κ3) is 3.54. The summed E-state index contributed by atoms with van der Waals surface area (Å²) in [4.78, 5) is 46.8. The number of esters is 4. The smallest absolute Gasteiger partial charge is 0.462 e. The van der Waals surface area contributed by atoms with Crippen molar-refractivity contribution in [3.8, 4) is 0 Å². The number of halogens is 2. The van der Waals surface area contributed by atoms with E-state index in [0.717, 1.165) is 0 Å². The van der Waals surface area contributed by atoms with Crippen LogP contribution in [0.2, 0.25) is 0 Å². The molecule has 29 heavy (non-hydrogen) atoms. The molecule has 6 atom stereocenters. The van der Waals surface area contributed by atoms with Crippen molar-refractivity contribution in [1.82, 2.24) is 0 Å². The zero-order valence-corrected chi connectivity index (χ0v) is 15.6. The largest absolute Gasteiger partial charge is 0.465 e. The molecule has 0 spiro atoms. The van der Waals surface area contributed by atoms with Gasteiger partial charge >= 0.3 is 39.2 Å². The molecule has 11 nitrogen and oxygen atoms in total. The molecule has 2 bridgehead atoms. The van der Waals surface area contributed by atoms with Gasteiger partial charge in [0.2, 0.25) is 0 Å². The number of hydrogen-bond donors (Lipinski definition) is 1. The van der Waals surface area contributed by atoms with E-state index in [4.69, 9.17) is 18.8 Å². The van der Waals surface area contributed by atoms with Gasteiger partial charge in [-0.05, 0) is 6.42 Å². The van der Waals surface area contributed by atoms with E-state index in [0.29, 0.717) is 6.42 Å². The van der Waals surface area contributed by atoms with E-state index in [9.17, 15) is 36.4 Å². The first-order valence-corrected chi connectivity index (χ1v) is 9.86. The zero-order chi connectivity index (χ0) is 21.7. The predicted octanol–water partition coefficient (Wildman–Crippen LogP) is -0.707. The van der Waals surface area contributed by atoms with Crippen LogP contribution in [-0.4, -0.2) is 67.5 Å². The van der Waals surface area contributed by atoms with Crippen LogP contribution in [0.5, 0.6) is 0 Å². The number of ether oxygens (including phenoxy) is 4. The Labute approximate surface area is 162 Å². The van der Waals surface area contributed by atoms with Crippen LogP contribution < -0.4 is 0 Å². The van der Waals surface area contributed by atoms with Crippen molar-refractivity contribution in [2.75, 3.05) is 13.2 Å². The van der Waals surface area contributed by atoms with Crippen LogP contribution in [0.4, 0.5) is 8.78 Å². The van der Waals surface area contributed by atoms with Crippen LogP contribution in [0.15, 0.2) is 0 Å². The molecule has 162 valence electrons. The van der Waals surface area contributed by atoms with Crippen LogP contribution in [0.25, 0.3) is 0 Å². The molecular formula is C15H16F2O11S. The lowest BCUT2D eigenvalue weighted by Gasteiger charge is -2.29. The number of rotatable bonds is 7. The monoisotopic (exact) mass is 442 g/mol. The molecule has 1 saturated heterocycles. The van der Waals surface area contributed by atoms with Crippen LogP contribution in [0.1, 0.15) is 13.3 Å². The first-order chi connectivity index (χ1) is 13.4. The van der Waals surface area contributed by atoms with E-state index in [2.05, 4.69) is 4.74 Å². The molecule has 1 N–H and O–H groups in total. The van der Waals surface area contributed by atoms with Crippen molar-refractivity contribution in [3.05, 3.63) is 0 Å². The first kappa shape index (κ1) is 21.4. The molecule has 0 aromatic carbocycles. The normalized spacial score (nSPS) is 32.6. The molecule has 0 aromatic rings. The zero-order valence-electron chi connectivity index (χ0n) is 14.8. The summed E-state index contributed by atoms with van der Waals surface area (Å²) in [5.41, 5.74) is 0. The number of hydrogen-bond acceptors (Lipinski definition) is 10. The lowest BCUT2D eigenvalue weighted by molar-refractivity contribution is -0.169. The van der Waals surface area contributed by atoms with Crippen molar-refractivity contribution in [2.45, 2.75) is 30.8 Å². The summed E-state index contributed by atoms with van der Waals surface area (Å²) in [6.45, 7) is -0.449. The lowest BCUT2D eigenvalue weighted by Crippen LogP contribution is -2.43. The summed E-state index contributed by atoms with van der Waals surface area (Å²) in [7, 11) is -6.01. The fourth-order valence-corrected chi connectivity index (χ4v) is 4.49. The molecule has 2 aliphatic carbocycles. The minimum atomic E-state index is -6.01. The Balaban J connectivity index is 1.57. The second-order valence-corrected chi connectivity index (χ2v) is 8.35. The maximum absolute atomic E-state index is 13.0. The average Bonchev–Trinajstić information content (AvgIpc) is 3.20. The highest BCUT2D eigenvalue weighted by molar-refractivity contribution is 7.87. The second-order valence-electron chi connectivity index (χ2n) is 6.89. The fraction of sp³-hybridized carbons (Fsp3) is 0.733. The number of fused-ring (bicyclic) bond motifs is 1. The van der Waals surface area contributed by atoms with E-state index >= 15 is 0 Å². The van der Waals surface area contributed by atoms with Gasteiger partial charge in [0, 0.05) is 18.8 Å². The van der Waals surface area contributed by atoms with Gasteiger partial charge in [0.1, 0.15) is 25.4 Å². The van der Waals surface area contributed by atoms with E-state index in [-0.39, 0.29) is 5.92 Å². The third-order valence-electron chi connectivity index (χ3n) is 5.24. The van der Waals surface area contributed by atoms with Crippen LogP contribution >= 0.6 is 0 Å². The van der Waals surface area contributed by atoms with Gasteiger partial charge in [-0.2, -0.15) is 17.2 Å². The van der Waals surface area contributed by atoms with Crippen molar-refractivity contribution >= 4 is 34.0 Å². The molecule has 3 fully saturated rings. The van der Waals surface area contributed by atoms with Crippen molar-refractivity contribution < 1.29 is 59.9 Å². The van der Waals surface area contributed by atoms with Gasteiger partial charge < -0.3 is 18.9 Å². The van der Waals surface area contributed by atoms with E-state index in [1.54, 1.807) is 0 Å². The summed E-state index contributed by atoms with van der Waals surface area (Å²) < 4.78 is 74.5. The Morgan fingerprint density at radius 3 is 2.41 bits per heavy atom. The molecular weight excluding hydrogens is 426 g/mol. The molecule has 1 aliphatic heterocycles. The van der Waals surface area contributed by atoms with Crippen molar-refractivity contribution in [1.29, 1.82) is 0 Å². The second kappa shape index (κ2) is 7.16. The van der Waals surface area contributed by atoms with Crippen LogP contribution in [0.3, 0.4) is 0 Å². The maximum atomic E-state index is 13.0. The molecule has 0 radical (unpaired) electrons. The van der Waals surface area contributed by atoms with Gasteiger partial charge in [-0.1, -0.05) is 0 Å². The molecule has 0 aromatic heterocycles. The summed E-state index contributed by atoms with van der Waals surface area (Å²) in [5.74, 6) is -7.27. The molecule has 1 heterocycles. The molecule has 6 unspecified atom stereocenters. The highest BCUT2D eigenvalue weighted by Gasteiger charge is 2.70. The Morgan fingerprint density at radius 1 is 1.21 bits per heavy atom. The van der Waals surface area contributed by atoms with Crippen molar-refractivity contribution in [3.63, 3.8) is 0 Å². The fourth-order valence-electron chi connectivity index (χ4n) is 4.22. The van der Waals surface area contributed by atoms with Gasteiger partial charge in [-0.25, -0.2) is 4.79 Å². The summed E-state index contributed by atoms with van der Waals surface area (Å²) in [6, 6.07) is 0. The van der Waals surface area contributed by atoms with Crippen molar-refractivity contribution in [2.24, 2.45) is 23.7 Å². The third-order valence-corrected chi connectivity index (χ3v) is 6.06. The SMILES string of the molecule is CC(=O)OC1C2CC3C1OC(=O)C3C2C(=O)OCCOC(=O)C(F)(F)S(=O)(=O)O. The van der Waals surface area contributed by atoms with E-state index in [1.165, 1.54) is 6.92 Å². The van der Waals surface area contributed by atoms with Gasteiger partial charge in [-0.3, -0.25) is 18.9 Å². The molecule has 0 amide bonds. The van der Waals surface area contributed by atoms with Gasteiger partial charge in [-0.15, -0.1) is 0 Å². The minimum absolute atomic E-state index is 0.319. The standard InChI is InChI=1S/C15H16F2O11S/c1-5(18)27-10-6-4-7-9(13(20)28-11(7)10)8(6)12(19)25-2-3-26-14(21)15(16,17)29(22,23)24/h6-11H,2-4H2,1H3,(H,22,23,24). The Bertz CT molecular complexity index is 854. The maximum Gasteiger partial charge on any atom is 0.465 e. The van der Waals surface area contributed by atoms with Gasteiger partial charge in [0.15, 0.2) is 0 Å². The topological polar surface area (TPSA) is 160 Å². The van der Waals surface area contributed by atoms with Crippen LogP contribution in [-0.2, 0) is 48.2 Å². The Morgan fingerprint density at radius 2 is 1.83 bits per heavy atom. The summed E-state index contributed by atoms with van der Waals surface area (Å²) in [5, 5.41) is -5.17. The molecule has 3 rings (SSSR count). The van der Waals surface area contributed by atoms with E-state index in [1.807, 2.05) is 0 Å². The lowest BCUT2D eigenvalue weighted by atomic mass is 9.78. The summed E-state index contributed by atoms with van der Waals surface area (Å²) in [6.07, 6.45) is -1.04. The highest BCUT2D eigenvalue weighted by Crippen LogP contribution is 2.58. The predicted molar refractivity (Wildman–Crippen MR) is 82.4 cm³/mol. The van der Waals surface area contributed by atoms with E-state index < -0.39 is 82.4 Å². The first-order valence-electron chi connectivity index (χ1n) is 8.42. The minimum Gasteiger partial charge on any atom is -0.462 e. The molecule has 2 saturated carbocycles. The Hall–Kier alpha value is -2.35. The molecule has 14 heteroatoms. The number of carbonyl (C=O) groups excluding carboxylic acids is 4. The van der Waals surface area contributed by atoms with Gasteiger partial charge in [0.05, 0.1) is 11.8 Å². The number of alkyl halides is 2. The average molecular weight is 442 g/mol. The highest BCUT2D eigenvalue weighted by atomic mass is 32.2. The number of carbonyl (C=O) groups is 4. The molecule has 3 aliphatic rings.